The molecule has 3 aliphatic rings. The van der Waals surface area contributed by atoms with Crippen molar-refractivity contribution in [2.45, 2.75) is 37.0 Å². The number of amides is 1. The molecule has 0 unspecified atom stereocenters. The maximum atomic E-state index is 13.4. The fourth-order valence-corrected chi connectivity index (χ4v) is 7.59. The van der Waals surface area contributed by atoms with Crippen molar-refractivity contribution in [2.75, 3.05) is 44.9 Å². The Morgan fingerprint density at radius 2 is 1.92 bits per heavy atom. The third kappa shape index (κ3) is 4.62. The lowest BCUT2D eigenvalue weighted by atomic mass is 9.88. The van der Waals surface area contributed by atoms with Crippen LogP contribution >= 0.6 is 0 Å². The average molecular weight is 549 g/mol. The molecule has 0 saturated carbocycles. The Labute approximate surface area is 228 Å². The first-order valence-corrected chi connectivity index (χ1v) is 15.0. The molecule has 1 saturated heterocycles. The SMILES string of the molecule is COCCCN1C(=O)c2cccc3c(CC(=O)C4CCN(S(=O)(=O)c5ccc6c(c5)CCO6)CC4)ccc1c23. The van der Waals surface area contributed by atoms with Crippen LogP contribution in [0.3, 0.4) is 0 Å². The van der Waals surface area contributed by atoms with Crippen molar-refractivity contribution in [1.82, 2.24) is 4.31 Å². The van der Waals surface area contributed by atoms with Crippen LogP contribution in [0.2, 0.25) is 0 Å². The second kappa shape index (κ2) is 10.4. The van der Waals surface area contributed by atoms with Gasteiger partial charge in [0.15, 0.2) is 0 Å². The molecule has 39 heavy (non-hydrogen) atoms. The normalized spacial score (nSPS) is 17.6. The summed E-state index contributed by atoms with van der Waals surface area (Å²) < 4.78 is 38.7. The molecule has 0 aromatic heterocycles. The summed E-state index contributed by atoms with van der Waals surface area (Å²) in [7, 11) is -1.97. The number of hydrogen-bond acceptors (Lipinski definition) is 6. The maximum absolute atomic E-state index is 13.4. The molecule has 1 fully saturated rings. The first kappa shape index (κ1) is 26.0. The third-order valence-electron chi connectivity index (χ3n) is 8.18. The lowest BCUT2D eigenvalue weighted by molar-refractivity contribution is -0.123. The van der Waals surface area contributed by atoms with Gasteiger partial charge in [0.1, 0.15) is 11.5 Å². The molecular weight excluding hydrogens is 516 g/mol. The number of Topliss-reactive ketones (excluding diaryl/α,β-unsaturated/α-hetero) is 1. The van der Waals surface area contributed by atoms with Gasteiger partial charge in [-0.25, -0.2) is 8.42 Å². The largest absolute Gasteiger partial charge is 0.493 e. The number of rotatable bonds is 9. The summed E-state index contributed by atoms with van der Waals surface area (Å²) in [5.74, 6) is 0.660. The predicted octanol–water partition coefficient (Wildman–Crippen LogP) is 3.98. The molecule has 0 aliphatic carbocycles. The molecule has 0 spiro atoms. The highest BCUT2D eigenvalue weighted by Crippen LogP contribution is 2.39. The average Bonchev–Trinajstić information content (AvgIpc) is 3.53. The van der Waals surface area contributed by atoms with Crippen molar-refractivity contribution in [3.8, 4) is 5.75 Å². The van der Waals surface area contributed by atoms with Crippen LogP contribution in [0.25, 0.3) is 10.8 Å². The Morgan fingerprint density at radius 1 is 1.10 bits per heavy atom. The standard InChI is InChI=1S/C30H32N2O6S/c1-37-16-3-13-32-26-8-6-21(24-4-2-5-25(29(24)26)30(32)34)19-27(33)20-10-14-31(15-11-20)39(35,36)23-7-9-28-22(18-23)12-17-38-28/h2,4-9,18,20H,3,10-17,19H2,1H3. The van der Waals surface area contributed by atoms with Gasteiger partial charge < -0.3 is 14.4 Å². The molecule has 8 nitrogen and oxygen atoms in total. The Balaban J connectivity index is 1.15. The van der Waals surface area contributed by atoms with E-state index >= 15 is 0 Å². The second-order valence-electron chi connectivity index (χ2n) is 10.5. The van der Waals surface area contributed by atoms with Crippen molar-refractivity contribution in [3.05, 3.63) is 65.2 Å². The number of sulfonamides is 1. The van der Waals surface area contributed by atoms with Gasteiger partial charge in [0.05, 0.1) is 17.2 Å². The summed E-state index contributed by atoms with van der Waals surface area (Å²) in [5, 5.41) is 1.84. The quantitative estimate of drug-likeness (QED) is 0.376. The van der Waals surface area contributed by atoms with Gasteiger partial charge in [-0.1, -0.05) is 18.2 Å². The van der Waals surface area contributed by atoms with Crippen molar-refractivity contribution in [2.24, 2.45) is 5.92 Å². The Morgan fingerprint density at radius 3 is 2.72 bits per heavy atom. The number of benzene rings is 3. The lowest BCUT2D eigenvalue weighted by Gasteiger charge is -2.30. The number of nitrogens with zero attached hydrogens (tertiary/aromatic N) is 2. The molecule has 9 heteroatoms. The summed E-state index contributed by atoms with van der Waals surface area (Å²) in [6, 6.07) is 14.7. The summed E-state index contributed by atoms with van der Waals surface area (Å²) in [4.78, 5) is 28.5. The molecule has 6 rings (SSSR count). The Bertz CT molecular complexity index is 1560. The molecule has 0 atom stereocenters. The summed E-state index contributed by atoms with van der Waals surface area (Å²) >= 11 is 0. The fraction of sp³-hybridized carbons (Fsp3) is 0.400. The van der Waals surface area contributed by atoms with Gasteiger partial charge in [0.25, 0.3) is 5.91 Å². The number of carbonyl (C=O) groups excluding carboxylic acids is 2. The number of methoxy groups -OCH3 is 1. The molecule has 0 radical (unpaired) electrons. The Kier molecular flexibility index (Phi) is 6.91. The van der Waals surface area contributed by atoms with Crippen LogP contribution in [0.4, 0.5) is 5.69 Å². The van der Waals surface area contributed by atoms with Crippen LogP contribution in [0.15, 0.2) is 53.4 Å². The predicted molar refractivity (Wildman–Crippen MR) is 148 cm³/mol. The minimum absolute atomic E-state index is 0.0142. The molecule has 0 bridgehead atoms. The lowest BCUT2D eigenvalue weighted by Crippen LogP contribution is -2.40. The molecular formula is C30H32N2O6S. The summed E-state index contributed by atoms with van der Waals surface area (Å²) in [5.41, 5.74) is 3.38. The number of carbonyl (C=O) groups is 2. The monoisotopic (exact) mass is 548 g/mol. The van der Waals surface area contributed by atoms with Crippen LogP contribution < -0.4 is 9.64 Å². The molecule has 3 aliphatic heterocycles. The second-order valence-corrected chi connectivity index (χ2v) is 12.4. The van der Waals surface area contributed by atoms with Crippen molar-refractivity contribution in [1.29, 1.82) is 0 Å². The summed E-state index contributed by atoms with van der Waals surface area (Å²) in [6.07, 6.45) is 2.72. The molecule has 3 aromatic carbocycles. The van der Waals surface area contributed by atoms with Crippen LogP contribution in [0.5, 0.6) is 5.75 Å². The van der Waals surface area contributed by atoms with Crippen LogP contribution in [-0.4, -0.2) is 64.4 Å². The molecule has 1 amide bonds. The van der Waals surface area contributed by atoms with Gasteiger partial charge in [-0.3, -0.25) is 9.59 Å². The number of anilines is 1. The van der Waals surface area contributed by atoms with Gasteiger partial charge in [-0.05, 0) is 66.1 Å². The minimum Gasteiger partial charge on any atom is -0.493 e. The minimum atomic E-state index is -3.62. The van der Waals surface area contributed by atoms with Gasteiger partial charge >= 0.3 is 0 Å². The van der Waals surface area contributed by atoms with Crippen LogP contribution in [-0.2, 0) is 32.4 Å². The van der Waals surface area contributed by atoms with Gasteiger partial charge in [-0.2, -0.15) is 4.31 Å². The zero-order valence-electron chi connectivity index (χ0n) is 22.0. The van der Waals surface area contributed by atoms with Crippen LogP contribution in [0.1, 0.15) is 40.7 Å². The molecule has 0 N–H and O–H groups in total. The van der Waals surface area contributed by atoms with E-state index in [1.165, 1.54) is 4.31 Å². The fourth-order valence-electron chi connectivity index (χ4n) is 6.07. The van der Waals surface area contributed by atoms with E-state index in [1.807, 2.05) is 30.3 Å². The first-order valence-electron chi connectivity index (χ1n) is 13.5. The van der Waals surface area contributed by atoms with E-state index < -0.39 is 10.0 Å². The van der Waals surface area contributed by atoms with E-state index in [-0.39, 0.29) is 28.9 Å². The smallest absolute Gasteiger partial charge is 0.258 e. The molecule has 204 valence electrons. The molecule has 3 heterocycles. The highest BCUT2D eigenvalue weighted by molar-refractivity contribution is 7.89. The van der Waals surface area contributed by atoms with Crippen molar-refractivity contribution >= 4 is 38.2 Å². The molecule has 3 aromatic rings. The highest BCUT2D eigenvalue weighted by atomic mass is 32.2. The van der Waals surface area contributed by atoms with Gasteiger partial charge in [-0.15, -0.1) is 0 Å². The van der Waals surface area contributed by atoms with Crippen LogP contribution in [0, 0.1) is 5.92 Å². The highest BCUT2D eigenvalue weighted by Gasteiger charge is 2.34. The number of hydrogen-bond donors (Lipinski definition) is 0. The van der Waals surface area contributed by atoms with E-state index in [1.54, 1.807) is 30.2 Å². The van der Waals surface area contributed by atoms with E-state index in [0.29, 0.717) is 57.7 Å². The number of ketones is 1. The van der Waals surface area contributed by atoms with Crippen molar-refractivity contribution in [3.63, 3.8) is 0 Å². The van der Waals surface area contributed by atoms with E-state index in [4.69, 9.17) is 9.47 Å². The zero-order chi connectivity index (χ0) is 27.1. The van der Waals surface area contributed by atoms with Gasteiger partial charge in [0, 0.05) is 63.1 Å². The third-order valence-corrected chi connectivity index (χ3v) is 10.1. The maximum Gasteiger partial charge on any atom is 0.258 e. The van der Waals surface area contributed by atoms with E-state index in [2.05, 4.69) is 0 Å². The zero-order valence-corrected chi connectivity index (χ0v) is 22.8. The number of piperidine rings is 1. The van der Waals surface area contributed by atoms with Crippen molar-refractivity contribution < 1.29 is 27.5 Å². The van der Waals surface area contributed by atoms with E-state index in [0.717, 1.165) is 39.8 Å². The van der Waals surface area contributed by atoms with E-state index in [9.17, 15) is 18.0 Å². The van der Waals surface area contributed by atoms with Gasteiger partial charge in [0.2, 0.25) is 10.0 Å². The number of ether oxygens (including phenoxy) is 2. The first-order chi connectivity index (χ1) is 18.9. The number of fused-ring (bicyclic) bond motifs is 1. The topological polar surface area (TPSA) is 93.2 Å². The Hall–Kier alpha value is -3.27. The summed E-state index contributed by atoms with van der Waals surface area (Å²) in [6.45, 7) is 2.38.